The van der Waals surface area contributed by atoms with E-state index in [0.717, 1.165) is 5.56 Å². The van der Waals surface area contributed by atoms with Gasteiger partial charge >= 0.3 is 10.1 Å². The molecule has 0 aromatic heterocycles. The van der Waals surface area contributed by atoms with Gasteiger partial charge in [-0.25, -0.2) is 5.43 Å². The largest absolute Gasteiger partial charge is 0.493 e. The van der Waals surface area contributed by atoms with Gasteiger partial charge in [-0.1, -0.05) is 17.7 Å². The molecule has 3 rings (SSSR count). The average Bonchev–Trinajstić information content (AvgIpc) is 2.75. The molecule has 0 aliphatic carbocycles. The summed E-state index contributed by atoms with van der Waals surface area (Å²) >= 11 is 0. The van der Waals surface area contributed by atoms with Crippen LogP contribution in [-0.4, -0.2) is 27.6 Å². The first kappa shape index (κ1) is 21.8. The highest BCUT2D eigenvalue weighted by molar-refractivity contribution is 7.87. The van der Waals surface area contributed by atoms with Crippen molar-refractivity contribution in [1.29, 1.82) is 0 Å². The highest BCUT2D eigenvalue weighted by atomic mass is 32.2. The van der Waals surface area contributed by atoms with Crippen LogP contribution in [0.1, 0.15) is 21.5 Å². The van der Waals surface area contributed by atoms with E-state index < -0.39 is 16.0 Å². The second-order valence-electron chi connectivity index (χ2n) is 6.58. The van der Waals surface area contributed by atoms with E-state index in [2.05, 4.69) is 10.5 Å². The number of rotatable bonds is 7. The molecule has 3 aromatic rings. The van der Waals surface area contributed by atoms with E-state index in [1.54, 1.807) is 48.5 Å². The minimum atomic E-state index is -4.02. The molecular weight excluding hydrogens is 418 g/mol. The van der Waals surface area contributed by atoms with Gasteiger partial charge in [-0.15, -0.1) is 0 Å². The van der Waals surface area contributed by atoms with E-state index in [1.807, 2.05) is 6.92 Å². The predicted molar refractivity (Wildman–Crippen MR) is 118 cm³/mol. The number of hydrazone groups is 1. The molecule has 0 unspecified atom stereocenters. The first-order chi connectivity index (χ1) is 14.8. The van der Waals surface area contributed by atoms with Gasteiger partial charge < -0.3 is 14.7 Å². The van der Waals surface area contributed by atoms with Crippen LogP contribution in [0.3, 0.4) is 0 Å². The Kier molecular flexibility index (Phi) is 6.56. The summed E-state index contributed by atoms with van der Waals surface area (Å²) in [6, 6.07) is 17.3. The second-order valence-corrected chi connectivity index (χ2v) is 8.13. The van der Waals surface area contributed by atoms with Crippen molar-refractivity contribution < 1.29 is 22.1 Å². The smallest absolute Gasteiger partial charge is 0.339 e. The summed E-state index contributed by atoms with van der Waals surface area (Å²) in [6.45, 7) is 1.86. The van der Waals surface area contributed by atoms with Crippen LogP contribution in [0.25, 0.3) is 0 Å². The van der Waals surface area contributed by atoms with Gasteiger partial charge in [-0.3, -0.25) is 4.79 Å². The Labute approximate surface area is 180 Å². The Morgan fingerprint density at radius 2 is 1.68 bits per heavy atom. The van der Waals surface area contributed by atoms with E-state index >= 15 is 0 Å². The zero-order chi connectivity index (χ0) is 22.4. The molecule has 8 nitrogen and oxygen atoms in total. The average molecular weight is 439 g/mol. The number of amides is 1. The third-order valence-electron chi connectivity index (χ3n) is 4.25. The highest BCUT2D eigenvalue weighted by Crippen LogP contribution is 2.30. The summed E-state index contributed by atoms with van der Waals surface area (Å²) < 4.78 is 35.5. The molecule has 1 amide bonds. The molecule has 0 saturated heterocycles. The summed E-state index contributed by atoms with van der Waals surface area (Å²) in [4.78, 5) is 12.1. The molecule has 0 radical (unpaired) electrons. The first-order valence-corrected chi connectivity index (χ1v) is 10.6. The van der Waals surface area contributed by atoms with Gasteiger partial charge in [0.25, 0.3) is 5.91 Å². The van der Waals surface area contributed by atoms with Gasteiger partial charge in [0.05, 0.1) is 13.3 Å². The van der Waals surface area contributed by atoms with Crippen molar-refractivity contribution in [1.82, 2.24) is 5.43 Å². The molecule has 0 fully saturated rings. The Hall–Kier alpha value is -3.85. The molecule has 3 aromatic carbocycles. The zero-order valence-corrected chi connectivity index (χ0v) is 17.7. The molecule has 0 heterocycles. The lowest BCUT2D eigenvalue weighted by Gasteiger charge is -2.11. The van der Waals surface area contributed by atoms with Gasteiger partial charge in [-0.05, 0) is 67.1 Å². The van der Waals surface area contributed by atoms with Crippen LogP contribution in [0.5, 0.6) is 11.5 Å². The molecule has 0 aliphatic heterocycles. The molecule has 3 N–H and O–H groups in total. The number of hydrogen-bond acceptors (Lipinski definition) is 7. The van der Waals surface area contributed by atoms with Crippen LogP contribution in [0.15, 0.2) is 76.7 Å². The van der Waals surface area contributed by atoms with Gasteiger partial charge in [0.1, 0.15) is 4.90 Å². The van der Waals surface area contributed by atoms with Crippen LogP contribution >= 0.6 is 0 Å². The summed E-state index contributed by atoms with van der Waals surface area (Å²) in [5, 5.41) is 3.91. The molecule has 31 heavy (non-hydrogen) atoms. The summed E-state index contributed by atoms with van der Waals surface area (Å²) in [5.74, 6) is -0.164. The third kappa shape index (κ3) is 5.61. The molecule has 0 aliphatic rings. The molecule has 0 atom stereocenters. The normalized spacial score (nSPS) is 11.3. The SMILES string of the molecule is COc1cc(/C=N/NC(=O)c2ccc(N)cc2)ccc1OS(=O)(=O)c1ccc(C)cc1. The standard InChI is InChI=1S/C22H21N3O5S/c1-15-3-10-19(11-4-15)31(27,28)30-20-12-5-16(13-21(20)29-2)14-24-25-22(26)17-6-8-18(23)9-7-17/h3-14H,23H2,1-2H3,(H,25,26)/b24-14+. The van der Waals surface area contributed by atoms with E-state index in [4.69, 9.17) is 14.7 Å². The number of ether oxygens (including phenoxy) is 1. The number of nitrogens with two attached hydrogens (primary N) is 1. The van der Waals surface area contributed by atoms with Crippen LogP contribution < -0.4 is 20.1 Å². The van der Waals surface area contributed by atoms with Crippen molar-refractivity contribution in [2.75, 3.05) is 12.8 Å². The molecule has 0 spiro atoms. The Morgan fingerprint density at radius 1 is 1.00 bits per heavy atom. The van der Waals surface area contributed by atoms with E-state index in [9.17, 15) is 13.2 Å². The fraction of sp³-hybridized carbons (Fsp3) is 0.0909. The predicted octanol–water partition coefficient (Wildman–Crippen LogP) is 3.12. The molecule has 160 valence electrons. The maximum atomic E-state index is 12.5. The minimum absolute atomic E-state index is 0.0335. The lowest BCUT2D eigenvalue weighted by Crippen LogP contribution is -2.17. The summed E-state index contributed by atoms with van der Waals surface area (Å²) in [6.07, 6.45) is 1.40. The number of aryl methyl sites for hydroxylation is 1. The van der Waals surface area contributed by atoms with Crippen molar-refractivity contribution in [3.05, 3.63) is 83.4 Å². The number of carbonyl (C=O) groups is 1. The molecule has 9 heteroatoms. The number of nitrogen functional groups attached to an aromatic ring is 1. The van der Waals surface area contributed by atoms with Crippen LogP contribution in [0.4, 0.5) is 5.69 Å². The summed E-state index contributed by atoms with van der Waals surface area (Å²) in [5.41, 5.74) is 10.5. The number of anilines is 1. The topological polar surface area (TPSA) is 120 Å². The van der Waals surface area contributed by atoms with Crippen molar-refractivity contribution in [2.45, 2.75) is 11.8 Å². The quantitative estimate of drug-likeness (QED) is 0.253. The summed E-state index contributed by atoms with van der Waals surface area (Å²) in [7, 11) is -2.62. The lowest BCUT2D eigenvalue weighted by atomic mass is 10.2. The molecule has 0 saturated carbocycles. The van der Waals surface area contributed by atoms with Crippen molar-refractivity contribution in [3.8, 4) is 11.5 Å². The fourth-order valence-corrected chi connectivity index (χ4v) is 3.51. The number of carbonyl (C=O) groups excluding carboxylic acids is 1. The first-order valence-electron chi connectivity index (χ1n) is 9.16. The lowest BCUT2D eigenvalue weighted by molar-refractivity contribution is 0.0955. The Bertz CT molecular complexity index is 1200. The number of benzene rings is 3. The van der Waals surface area contributed by atoms with Crippen LogP contribution in [0.2, 0.25) is 0 Å². The maximum absolute atomic E-state index is 12.5. The van der Waals surface area contributed by atoms with Gasteiger partial charge in [0.2, 0.25) is 0 Å². The van der Waals surface area contributed by atoms with E-state index in [0.29, 0.717) is 16.8 Å². The van der Waals surface area contributed by atoms with E-state index in [1.165, 1.54) is 31.5 Å². The Balaban J connectivity index is 1.72. The molecular formula is C22H21N3O5S. The second kappa shape index (κ2) is 9.31. The van der Waals surface area contributed by atoms with E-state index in [-0.39, 0.29) is 16.4 Å². The number of nitrogens with one attached hydrogen (secondary N) is 1. The van der Waals surface area contributed by atoms with Crippen LogP contribution in [0, 0.1) is 6.92 Å². The van der Waals surface area contributed by atoms with Crippen molar-refractivity contribution in [2.24, 2.45) is 5.10 Å². The number of methoxy groups -OCH3 is 1. The fourth-order valence-electron chi connectivity index (χ4n) is 2.57. The number of nitrogens with zero attached hydrogens (tertiary/aromatic N) is 1. The van der Waals surface area contributed by atoms with Crippen molar-refractivity contribution in [3.63, 3.8) is 0 Å². The Morgan fingerprint density at radius 3 is 2.32 bits per heavy atom. The number of hydrogen-bond donors (Lipinski definition) is 2. The monoisotopic (exact) mass is 439 g/mol. The van der Waals surface area contributed by atoms with Crippen LogP contribution in [-0.2, 0) is 10.1 Å². The molecule has 0 bridgehead atoms. The highest BCUT2D eigenvalue weighted by Gasteiger charge is 2.19. The van der Waals surface area contributed by atoms with Gasteiger partial charge in [0.15, 0.2) is 11.5 Å². The third-order valence-corrected chi connectivity index (χ3v) is 5.50. The van der Waals surface area contributed by atoms with Crippen molar-refractivity contribution >= 4 is 27.9 Å². The van der Waals surface area contributed by atoms with Gasteiger partial charge in [0, 0.05) is 11.3 Å². The zero-order valence-electron chi connectivity index (χ0n) is 16.9. The van der Waals surface area contributed by atoms with Gasteiger partial charge in [-0.2, -0.15) is 13.5 Å². The minimum Gasteiger partial charge on any atom is -0.493 e. The maximum Gasteiger partial charge on any atom is 0.339 e.